The van der Waals surface area contributed by atoms with Gasteiger partial charge in [0, 0.05) is 31.9 Å². The summed E-state index contributed by atoms with van der Waals surface area (Å²) in [5.41, 5.74) is 5.72. The molecule has 1 unspecified atom stereocenters. The van der Waals surface area contributed by atoms with Crippen molar-refractivity contribution in [1.82, 2.24) is 9.55 Å². The third-order valence-electron chi connectivity index (χ3n) is 2.97. The van der Waals surface area contributed by atoms with Crippen molar-refractivity contribution in [2.75, 3.05) is 0 Å². The molecule has 3 nitrogen and oxygen atoms in total. The number of nitrogens with zero attached hydrogens (tertiary/aromatic N) is 2. The van der Waals surface area contributed by atoms with Gasteiger partial charge in [0.2, 0.25) is 0 Å². The molecule has 1 aromatic carbocycles. The number of aromatic nitrogens is 2. The van der Waals surface area contributed by atoms with E-state index in [4.69, 9.17) is 5.73 Å². The maximum absolute atomic E-state index is 12.6. The zero-order valence-corrected chi connectivity index (χ0v) is 10.4. The van der Waals surface area contributed by atoms with Gasteiger partial charge in [-0.25, -0.2) is 4.98 Å². The van der Waals surface area contributed by atoms with Gasteiger partial charge in [0.1, 0.15) is 5.82 Å². The summed E-state index contributed by atoms with van der Waals surface area (Å²) in [7, 11) is 1.82. The van der Waals surface area contributed by atoms with Gasteiger partial charge in [0.05, 0.1) is 5.56 Å². The molecular formula is C13H14F3N3. The number of aryl methyl sites for hydroxylation is 1. The minimum absolute atomic E-state index is 0.394. The number of benzene rings is 1. The van der Waals surface area contributed by atoms with Crippen LogP contribution in [0.25, 0.3) is 0 Å². The molecule has 0 saturated carbocycles. The van der Waals surface area contributed by atoms with Crippen LogP contribution in [-0.2, 0) is 19.6 Å². The molecule has 2 aromatic rings. The van der Waals surface area contributed by atoms with Crippen molar-refractivity contribution in [2.24, 2.45) is 12.8 Å². The quantitative estimate of drug-likeness (QED) is 0.931. The Hall–Kier alpha value is -1.82. The third kappa shape index (κ3) is 3.14. The summed E-state index contributed by atoms with van der Waals surface area (Å²) in [5.74, 6) is 0.741. The Balaban J connectivity index is 2.20. The molecule has 0 radical (unpaired) electrons. The van der Waals surface area contributed by atoms with Crippen LogP contribution in [0.1, 0.15) is 23.0 Å². The normalized spacial score (nSPS) is 13.5. The fraction of sp³-hybridized carbons (Fsp3) is 0.308. The van der Waals surface area contributed by atoms with Crippen molar-refractivity contribution in [2.45, 2.75) is 18.6 Å². The van der Waals surface area contributed by atoms with Gasteiger partial charge in [-0.15, -0.1) is 0 Å². The van der Waals surface area contributed by atoms with Gasteiger partial charge in [0.15, 0.2) is 0 Å². The topological polar surface area (TPSA) is 43.8 Å². The van der Waals surface area contributed by atoms with E-state index in [-0.39, 0.29) is 0 Å². The molecule has 0 aliphatic rings. The van der Waals surface area contributed by atoms with Gasteiger partial charge < -0.3 is 10.3 Å². The Morgan fingerprint density at radius 1 is 1.37 bits per heavy atom. The second-order valence-electron chi connectivity index (χ2n) is 4.39. The first-order valence-corrected chi connectivity index (χ1v) is 5.77. The van der Waals surface area contributed by atoms with Gasteiger partial charge in [-0.2, -0.15) is 13.2 Å². The van der Waals surface area contributed by atoms with Crippen molar-refractivity contribution in [3.63, 3.8) is 0 Å². The lowest BCUT2D eigenvalue weighted by Gasteiger charge is -2.14. The average Bonchev–Trinajstić information content (AvgIpc) is 2.74. The van der Waals surface area contributed by atoms with Crippen LogP contribution in [0.3, 0.4) is 0 Å². The van der Waals surface area contributed by atoms with E-state index < -0.39 is 17.8 Å². The van der Waals surface area contributed by atoms with Gasteiger partial charge in [-0.1, -0.05) is 12.1 Å². The highest BCUT2D eigenvalue weighted by Gasteiger charge is 2.30. The van der Waals surface area contributed by atoms with E-state index in [2.05, 4.69) is 4.98 Å². The van der Waals surface area contributed by atoms with Crippen LogP contribution in [-0.4, -0.2) is 9.55 Å². The van der Waals surface area contributed by atoms with Crippen LogP contribution >= 0.6 is 0 Å². The molecule has 0 aliphatic carbocycles. The maximum atomic E-state index is 12.6. The highest BCUT2D eigenvalue weighted by Crippen LogP contribution is 2.30. The van der Waals surface area contributed by atoms with Crippen LogP contribution in [0.15, 0.2) is 36.7 Å². The first-order chi connectivity index (χ1) is 8.88. The van der Waals surface area contributed by atoms with Crippen molar-refractivity contribution < 1.29 is 13.2 Å². The summed E-state index contributed by atoms with van der Waals surface area (Å²) in [5, 5.41) is 0. The molecule has 0 aliphatic heterocycles. The first-order valence-electron chi connectivity index (χ1n) is 5.77. The van der Waals surface area contributed by atoms with Crippen molar-refractivity contribution in [3.05, 3.63) is 53.6 Å². The van der Waals surface area contributed by atoms with E-state index in [1.807, 2.05) is 7.05 Å². The van der Waals surface area contributed by atoms with Gasteiger partial charge in [0.25, 0.3) is 0 Å². The van der Waals surface area contributed by atoms with Gasteiger partial charge in [-0.05, 0) is 17.7 Å². The molecule has 19 heavy (non-hydrogen) atoms. The summed E-state index contributed by atoms with van der Waals surface area (Å²) in [6.07, 6.45) is -0.549. The van der Waals surface area contributed by atoms with E-state index in [0.717, 1.165) is 18.0 Å². The Morgan fingerprint density at radius 2 is 2.11 bits per heavy atom. The lowest BCUT2D eigenvalue weighted by atomic mass is 10.0. The number of halogens is 3. The van der Waals surface area contributed by atoms with Gasteiger partial charge in [-0.3, -0.25) is 0 Å². The second-order valence-corrected chi connectivity index (χ2v) is 4.39. The molecule has 1 aromatic heterocycles. The van der Waals surface area contributed by atoms with E-state index >= 15 is 0 Å². The molecular weight excluding hydrogens is 255 g/mol. The average molecular weight is 269 g/mol. The predicted molar refractivity (Wildman–Crippen MR) is 65.3 cm³/mol. The Bertz CT molecular complexity index is 560. The lowest BCUT2D eigenvalue weighted by Crippen LogP contribution is -2.17. The maximum Gasteiger partial charge on any atom is 0.416 e. The smallest absolute Gasteiger partial charge is 0.338 e. The summed E-state index contributed by atoms with van der Waals surface area (Å²) < 4.78 is 39.6. The second kappa shape index (κ2) is 5.05. The Kier molecular flexibility index (Phi) is 3.61. The number of rotatable bonds is 3. The molecule has 0 bridgehead atoms. The van der Waals surface area contributed by atoms with Crippen LogP contribution in [0.2, 0.25) is 0 Å². The minimum Gasteiger partial charge on any atom is -0.338 e. The van der Waals surface area contributed by atoms with Crippen molar-refractivity contribution in [1.29, 1.82) is 0 Å². The van der Waals surface area contributed by atoms with E-state index in [0.29, 0.717) is 12.0 Å². The van der Waals surface area contributed by atoms with Crippen molar-refractivity contribution >= 4 is 0 Å². The fourth-order valence-electron chi connectivity index (χ4n) is 1.85. The molecule has 6 heteroatoms. The SMILES string of the molecule is Cn1ccnc1CC(N)c1cccc(C(F)(F)F)c1. The van der Waals surface area contributed by atoms with E-state index in [1.54, 1.807) is 23.0 Å². The Labute approximate surface area is 108 Å². The molecule has 1 heterocycles. The van der Waals surface area contributed by atoms with Crippen LogP contribution in [0.4, 0.5) is 13.2 Å². The number of hydrogen-bond donors (Lipinski definition) is 1. The highest BCUT2D eigenvalue weighted by atomic mass is 19.4. The molecule has 0 fully saturated rings. The van der Waals surface area contributed by atoms with E-state index in [9.17, 15) is 13.2 Å². The minimum atomic E-state index is -4.35. The number of alkyl halides is 3. The lowest BCUT2D eigenvalue weighted by molar-refractivity contribution is -0.137. The first kappa shape index (κ1) is 13.6. The Morgan fingerprint density at radius 3 is 2.68 bits per heavy atom. The molecule has 0 saturated heterocycles. The van der Waals surface area contributed by atoms with Gasteiger partial charge >= 0.3 is 6.18 Å². The molecule has 102 valence electrons. The molecule has 2 rings (SSSR count). The summed E-state index contributed by atoms with van der Waals surface area (Å²) in [6, 6.07) is 4.59. The van der Waals surface area contributed by atoms with Crippen molar-refractivity contribution in [3.8, 4) is 0 Å². The summed E-state index contributed by atoms with van der Waals surface area (Å²) in [4.78, 5) is 4.11. The van der Waals surface area contributed by atoms with Crippen LogP contribution < -0.4 is 5.73 Å². The number of imidazole rings is 1. The summed E-state index contributed by atoms with van der Waals surface area (Å²) >= 11 is 0. The largest absolute Gasteiger partial charge is 0.416 e. The van der Waals surface area contributed by atoms with E-state index in [1.165, 1.54) is 6.07 Å². The molecule has 2 N–H and O–H groups in total. The van der Waals surface area contributed by atoms with Crippen LogP contribution in [0, 0.1) is 0 Å². The standard InChI is InChI=1S/C13H14F3N3/c1-19-6-5-18-12(19)8-11(17)9-3-2-4-10(7-9)13(14,15)16/h2-7,11H,8,17H2,1H3. The monoisotopic (exact) mass is 269 g/mol. The van der Waals surface area contributed by atoms with Crippen LogP contribution in [0.5, 0.6) is 0 Å². The highest BCUT2D eigenvalue weighted by molar-refractivity contribution is 5.28. The molecule has 0 amide bonds. The number of hydrogen-bond acceptors (Lipinski definition) is 2. The molecule has 1 atom stereocenters. The number of nitrogens with two attached hydrogens (primary N) is 1. The zero-order chi connectivity index (χ0) is 14.0. The fourth-order valence-corrected chi connectivity index (χ4v) is 1.85. The summed E-state index contributed by atoms with van der Waals surface area (Å²) in [6.45, 7) is 0. The zero-order valence-electron chi connectivity index (χ0n) is 10.4. The third-order valence-corrected chi connectivity index (χ3v) is 2.97. The predicted octanol–water partition coefficient (Wildman–Crippen LogP) is 2.68. The molecule has 0 spiro atoms.